The molecular weight excluding hydrogens is 502 g/mol. The summed E-state index contributed by atoms with van der Waals surface area (Å²) in [5.41, 5.74) is -0.662. The minimum atomic E-state index is -4.53. The zero-order valence-corrected chi connectivity index (χ0v) is 20.5. The van der Waals surface area contributed by atoms with E-state index in [0.29, 0.717) is 4.21 Å². The van der Waals surface area contributed by atoms with Crippen molar-refractivity contribution in [2.45, 2.75) is 36.4 Å². The zero-order chi connectivity index (χ0) is 25.9. The van der Waals surface area contributed by atoms with Crippen LogP contribution in [0.2, 0.25) is 0 Å². The van der Waals surface area contributed by atoms with Crippen molar-refractivity contribution in [3.63, 3.8) is 0 Å². The number of hydrogen-bond acceptors (Lipinski definition) is 6. The molecular formula is C24H21F4N3O2S2. The number of thioether (sulfide) groups is 1. The number of nitrogens with one attached hydrogen (secondary N) is 2. The van der Waals surface area contributed by atoms with Gasteiger partial charge in [0.2, 0.25) is 0 Å². The lowest BCUT2D eigenvalue weighted by Crippen LogP contribution is -2.16. The molecule has 35 heavy (non-hydrogen) atoms. The normalized spacial score (nSPS) is 12.5. The highest BCUT2D eigenvalue weighted by Crippen LogP contribution is 2.42. The fourth-order valence-corrected chi connectivity index (χ4v) is 5.64. The van der Waals surface area contributed by atoms with Gasteiger partial charge in [-0.1, -0.05) is 49.4 Å². The first kappa shape index (κ1) is 26.4. The lowest BCUT2D eigenvalue weighted by molar-refractivity contribution is -0.137. The summed E-state index contributed by atoms with van der Waals surface area (Å²) in [6.07, 6.45) is -4.53. The fourth-order valence-electron chi connectivity index (χ4n) is 3.20. The summed E-state index contributed by atoms with van der Waals surface area (Å²) in [7, 11) is 0. The number of carboxylic acid groups (broad SMARTS) is 1. The molecule has 0 atom stereocenters. The van der Waals surface area contributed by atoms with Crippen LogP contribution in [0.5, 0.6) is 0 Å². The summed E-state index contributed by atoms with van der Waals surface area (Å²) < 4.78 is 54.2. The van der Waals surface area contributed by atoms with Gasteiger partial charge in [-0.15, -0.1) is 11.8 Å². The Morgan fingerprint density at radius 2 is 1.86 bits per heavy atom. The lowest BCUT2D eigenvalue weighted by Gasteiger charge is -2.12. The fraction of sp³-hybridized carbons (Fsp3) is 0.208. The molecule has 5 nitrogen and oxygen atoms in total. The molecule has 2 aromatic carbocycles. The van der Waals surface area contributed by atoms with Gasteiger partial charge in [-0.3, -0.25) is 0 Å². The Balaban J connectivity index is 2.14. The van der Waals surface area contributed by atoms with Crippen LogP contribution in [0.4, 0.5) is 22.7 Å². The Labute approximate surface area is 207 Å². The number of nitrogens with zero attached hydrogens (tertiary/aromatic N) is 1. The third kappa shape index (κ3) is 6.49. The van der Waals surface area contributed by atoms with Gasteiger partial charge in [0, 0.05) is 22.1 Å². The van der Waals surface area contributed by atoms with Crippen LogP contribution in [0.3, 0.4) is 0 Å². The second kappa shape index (κ2) is 10.6. The second-order valence-electron chi connectivity index (χ2n) is 7.72. The molecule has 0 saturated heterocycles. The van der Waals surface area contributed by atoms with E-state index in [1.54, 1.807) is 0 Å². The molecule has 0 fully saturated rings. The van der Waals surface area contributed by atoms with Gasteiger partial charge >= 0.3 is 12.1 Å². The molecule has 0 aliphatic heterocycles. The van der Waals surface area contributed by atoms with Gasteiger partial charge in [0.05, 0.1) is 15.5 Å². The Kier molecular flexibility index (Phi) is 8.01. The van der Waals surface area contributed by atoms with E-state index in [0.717, 1.165) is 29.5 Å². The number of carbonyl (C=O) groups is 1. The lowest BCUT2D eigenvalue weighted by atomic mass is 9.99. The molecule has 0 bridgehead atoms. The quantitative estimate of drug-likeness (QED) is 0.124. The molecule has 3 aromatic rings. The molecule has 1 aromatic heterocycles. The number of carboxylic acids is 1. The number of anilines is 1. The highest BCUT2D eigenvalue weighted by molar-refractivity contribution is 8.01. The van der Waals surface area contributed by atoms with Crippen LogP contribution >= 0.6 is 23.1 Å². The van der Waals surface area contributed by atoms with Gasteiger partial charge in [0.15, 0.2) is 5.13 Å². The molecule has 0 aliphatic carbocycles. The van der Waals surface area contributed by atoms with Crippen molar-refractivity contribution < 1.29 is 27.5 Å². The highest BCUT2D eigenvalue weighted by Gasteiger charge is 2.31. The Morgan fingerprint density at radius 3 is 2.43 bits per heavy atom. The van der Waals surface area contributed by atoms with Crippen molar-refractivity contribution >= 4 is 45.5 Å². The van der Waals surface area contributed by atoms with Gasteiger partial charge in [-0.05, 0) is 36.8 Å². The van der Waals surface area contributed by atoms with E-state index in [9.17, 15) is 27.5 Å². The van der Waals surface area contributed by atoms with E-state index in [2.05, 4.69) is 10.3 Å². The molecule has 3 rings (SSSR count). The number of benzene rings is 2. The van der Waals surface area contributed by atoms with Gasteiger partial charge in [0.1, 0.15) is 11.5 Å². The Morgan fingerprint density at radius 1 is 1.17 bits per heavy atom. The number of rotatable bonds is 8. The largest absolute Gasteiger partial charge is 0.477 e. The average Bonchev–Trinajstić information content (AvgIpc) is 3.14. The molecule has 1 heterocycles. The van der Waals surface area contributed by atoms with Crippen molar-refractivity contribution in [3.8, 4) is 11.3 Å². The van der Waals surface area contributed by atoms with E-state index in [-0.39, 0.29) is 38.5 Å². The van der Waals surface area contributed by atoms with Crippen LogP contribution in [0.15, 0.2) is 58.4 Å². The minimum Gasteiger partial charge on any atom is -0.477 e. The standard InChI is InChI=1S/C24H21F4N3O2S2/c1-12(2)34-22-19(15-7-4-8-16(10-15)24(26,27)28)30-23(35-22)31-20(21(32)33)18(13(3)29)14-6-5-9-17(25)11-14/h4-12,29H,1-3H3,(H,30,31)(H,32,33)/b20-18+,29-13?. The zero-order valence-electron chi connectivity index (χ0n) is 18.8. The van der Waals surface area contributed by atoms with Crippen LogP contribution in [-0.2, 0) is 11.0 Å². The first-order valence-corrected chi connectivity index (χ1v) is 12.0. The second-order valence-corrected chi connectivity index (χ2v) is 10.6. The number of aromatic nitrogens is 1. The number of aliphatic carboxylic acids is 1. The van der Waals surface area contributed by atoms with E-state index in [4.69, 9.17) is 5.41 Å². The first-order valence-electron chi connectivity index (χ1n) is 10.3. The van der Waals surface area contributed by atoms with Crippen LogP contribution < -0.4 is 5.32 Å². The first-order chi connectivity index (χ1) is 16.4. The summed E-state index contributed by atoms with van der Waals surface area (Å²) in [5.74, 6) is -1.99. The monoisotopic (exact) mass is 523 g/mol. The predicted octanol–water partition coefficient (Wildman–Crippen LogP) is 7.42. The van der Waals surface area contributed by atoms with E-state index in [1.165, 1.54) is 49.0 Å². The molecule has 0 spiro atoms. The third-order valence-corrected chi connectivity index (χ3v) is 6.77. The molecule has 11 heteroatoms. The summed E-state index contributed by atoms with van der Waals surface area (Å²) in [4.78, 5) is 16.5. The number of thiazole rings is 1. The van der Waals surface area contributed by atoms with Crippen molar-refractivity contribution in [1.29, 1.82) is 5.41 Å². The predicted molar refractivity (Wildman–Crippen MR) is 132 cm³/mol. The molecule has 184 valence electrons. The maximum atomic E-state index is 13.8. The van der Waals surface area contributed by atoms with Gasteiger partial charge in [-0.2, -0.15) is 13.2 Å². The molecule has 3 N–H and O–H groups in total. The van der Waals surface area contributed by atoms with Crippen molar-refractivity contribution in [2.75, 3.05) is 5.32 Å². The van der Waals surface area contributed by atoms with Crippen LogP contribution in [0.1, 0.15) is 31.9 Å². The summed E-state index contributed by atoms with van der Waals surface area (Å²) in [6.45, 7) is 5.20. The van der Waals surface area contributed by atoms with Gasteiger partial charge in [0.25, 0.3) is 0 Å². The van der Waals surface area contributed by atoms with Gasteiger partial charge < -0.3 is 15.8 Å². The van der Waals surface area contributed by atoms with E-state index >= 15 is 0 Å². The summed E-state index contributed by atoms with van der Waals surface area (Å²) >= 11 is 2.47. The molecule has 0 saturated carbocycles. The SMILES string of the molecule is CC(=N)/C(=C(\Nc1nc(-c2cccc(C(F)(F)F)c2)c(SC(C)C)s1)C(=O)O)c1cccc(F)c1. The molecule has 0 unspecified atom stereocenters. The maximum Gasteiger partial charge on any atom is 0.416 e. The van der Waals surface area contributed by atoms with Gasteiger partial charge in [-0.25, -0.2) is 14.2 Å². The summed E-state index contributed by atoms with van der Waals surface area (Å²) in [6, 6.07) is 9.96. The number of hydrogen-bond donors (Lipinski definition) is 3. The number of halogens is 4. The van der Waals surface area contributed by atoms with Crippen molar-refractivity contribution in [1.82, 2.24) is 4.98 Å². The third-order valence-electron chi connectivity index (χ3n) is 4.59. The Bertz CT molecular complexity index is 1300. The van der Waals surface area contributed by atoms with Crippen molar-refractivity contribution in [2.24, 2.45) is 0 Å². The smallest absolute Gasteiger partial charge is 0.416 e. The maximum absolute atomic E-state index is 13.8. The van der Waals surface area contributed by atoms with E-state index in [1.807, 2.05) is 13.8 Å². The number of allylic oxidation sites excluding steroid dienone is 1. The Hall–Kier alpha value is -3.18. The van der Waals surface area contributed by atoms with Crippen LogP contribution in [0, 0.1) is 11.2 Å². The average molecular weight is 524 g/mol. The van der Waals surface area contributed by atoms with E-state index < -0.39 is 29.2 Å². The highest BCUT2D eigenvalue weighted by atomic mass is 32.2. The molecule has 0 radical (unpaired) electrons. The van der Waals surface area contributed by atoms with Crippen molar-refractivity contribution in [3.05, 3.63) is 71.2 Å². The minimum absolute atomic E-state index is 0.0362. The number of alkyl halides is 3. The van der Waals surface area contributed by atoms with Crippen LogP contribution in [-0.4, -0.2) is 27.0 Å². The molecule has 0 amide bonds. The topological polar surface area (TPSA) is 86.1 Å². The summed E-state index contributed by atoms with van der Waals surface area (Å²) in [5, 5.41) is 20.9. The van der Waals surface area contributed by atoms with Crippen LogP contribution in [0.25, 0.3) is 16.8 Å². The molecule has 0 aliphatic rings.